The Bertz CT molecular complexity index is 257. The Morgan fingerprint density at radius 1 is 1.07 bits per heavy atom. The SMILES string of the molecule is O=C(C(F)F)C(F)(Cl)C(=O)C(F)(F)F. The highest BCUT2D eigenvalue weighted by Gasteiger charge is 2.59. The van der Waals surface area contributed by atoms with E-state index in [2.05, 4.69) is 11.6 Å². The summed E-state index contributed by atoms with van der Waals surface area (Å²) in [7, 11) is 0. The molecule has 0 fully saturated rings. The van der Waals surface area contributed by atoms with Gasteiger partial charge in [-0.2, -0.15) is 13.2 Å². The molecule has 0 radical (unpaired) electrons. The normalized spacial score (nSPS) is 16.6. The summed E-state index contributed by atoms with van der Waals surface area (Å²) in [5.41, 5.74) is 0. The summed E-state index contributed by atoms with van der Waals surface area (Å²) in [6.45, 7) is 0. The zero-order valence-electron chi connectivity index (χ0n) is 6.04. The average Bonchev–Trinajstić information content (AvgIpc) is 1.99. The van der Waals surface area contributed by atoms with Gasteiger partial charge in [-0.15, -0.1) is 0 Å². The number of rotatable bonds is 3. The Balaban J connectivity index is 4.98. The lowest BCUT2D eigenvalue weighted by molar-refractivity contribution is -0.181. The molecule has 0 aromatic carbocycles. The van der Waals surface area contributed by atoms with E-state index in [-0.39, 0.29) is 0 Å². The lowest BCUT2D eigenvalue weighted by Crippen LogP contribution is -2.47. The molecule has 0 aliphatic heterocycles. The fourth-order valence-corrected chi connectivity index (χ4v) is 0.617. The number of halogens is 7. The van der Waals surface area contributed by atoms with E-state index in [9.17, 15) is 35.9 Å². The van der Waals surface area contributed by atoms with Crippen molar-refractivity contribution in [2.45, 2.75) is 17.7 Å². The van der Waals surface area contributed by atoms with Gasteiger partial charge in [0.1, 0.15) is 0 Å². The first-order chi connectivity index (χ1) is 6.01. The molecule has 0 saturated heterocycles. The van der Waals surface area contributed by atoms with Crippen LogP contribution in [0.4, 0.5) is 26.3 Å². The highest BCUT2D eigenvalue weighted by Crippen LogP contribution is 2.31. The minimum absolute atomic E-state index is 2.93. The predicted octanol–water partition coefficient (Wildman–Crippen LogP) is 1.86. The van der Waals surface area contributed by atoms with Crippen LogP contribution in [0.25, 0.3) is 0 Å². The second-order valence-electron chi connectivity index (χ2n) is 2.07. The van der Waals surface area contributed by atoms with Gasteiger partial charge in [0.05, 0.1) is 0 Å². The van der Waals surface area contributed by atoms with Crippen LogP contribution in [0.1, 0.15) is 0 Å². The van der Waals surface area contributed by atoms with Crippen molar-refractivity contribution >= 4 is 23.2 Å². The molecule has 0 N–H and O–H groups in total. The highest BCUT2D eigenvalue weighted by molar-refractivity contribution is 6.46. The largest absolute Gasteiger partial charge is 0.455 e. The van der Waals surface area contributed by atoms with Crippen molar-refractivity contribution in [1.29, 1.82) is 0 Å². The molecule has 0 aliphatic carbocycles. The maximum Gasteiger partial charge on any atom is 0.455 e. The van der Waals surface area contributed by atoms with E-state index in [0.717, 1.165) is 0 Å². The van der Waals surface area contributed by atoms with Crippen LogP contribution in [0, 0.1) is 0 Å². The molecular weight excluding hydrogens is 241 g/mol. The van der Waals surface area contributed by atoms with E-state index >= 15 is 0 Å². The Hall–Kier alpha value is -0.790. The molecule has 0 aliphatic rings. The average molecular weight is 243 g/mol. The van der Waals surface area contributed by atoms with E-state index in [1.54, 1.807) is 0 Å². The molecule has 0 spiro atoms. The Kier molecular flexibility index (Phi) is 3.54. The summed E-state index contributed by atoms with van der Waals surface area (Å²) < 4.78 is 69.9. The molecule has 82 valence electrons. The highest BCUT2D eigenvalue weighted by atomic mass is 35.5. The molecule has 0 amide bonds. The third kappa shape index (κ3) is 2.60. The topological polar surface area (TPSA) is 34.1 Å². The Morgan fingerprint density at radius 2 is 1.43 bits per heavy atom. The van der Waals surface area contributed by atoms with Crippen molar-refractivity contribution in [3.63, 3.8) is 0 Å². The minimum Gasteiger partial charge on any atom is -0.288 e. The first-order valence-corrected chi connectivity index (χ1v) is 3.21. The molecule has 0 aromatic rings. The van der Waals surface area contributed by atoms with Crippen LogP contribution in [0.2, 0.25) is 0 Å². The Morgan fingerprint density at radius 3 is 1.64 bits per heavy atom. The Labute approximate surface area is 77.8 Å². The molecule has 2 nitrogen and oxygen atoms in total. The van der Waals surface area contributed by atoms with Gasteiger partial charge >= 0.3 is 17.7 Å². The number of carbonyl (C=O) groups is 2. The van der Waals surface area contributed by atoms with E-state index in [4.69, 9.17) is 0 Å². The van der Waals surface area contributed by atoms with Gasteiger partial charge in [-0.1, -0.05) is 11.6 Å². The van der Waals surface area contributed by atoms with Gasteiger partial charge in [0, 0.05) is 0 Å². The molecular formula is C5HClF6O2. The van der Waals surface area contributed by atoms with Crippen molar-refractivity contribution < 1.29 is 35.9 Å². The van der Waals surface area contributed by atoms with Crippen LogP contribution in [-0.2, 0) is 9.59 Å². The van der Waals surface area contributed by atoms with Crippen LogP contribution >= 0.6 is 11.6 Å². The maximum absolute atomic E-state index is 12.5. The lowest BCUT2D eigenvalue weighted by atomic mass is 10.1. The van der Waals surface area contributed by atoms with Gasteiger partial charge < -0.3 is 0 Å². The summed E-state index contributed by atoms with van der Waals surface area (Å²) in [5, 5.41) is -4.76. The van der Waals surface area contributed by atoms with Crippen molar-refractivity contribution in [3.05, 3.63) is 0 Å². The first kappa shape index (κ1) is 13.2. The zero-order valence-corrected chi connectivity index (χ0v) is 6.80. The molecule has 1 atom stereocenters. The van der Waals surface area contributed by atoms with E-state index < -0.39 is 29.3 Å². The summed E-state index contributed by atoms with van der Waals surface area (Å²) in [6.07, 6.45) is -9.88. The van der Waals surface area contributed by atoms with E-state index in [1.807, 2.05) is 0 Å². The summed E-state index contributed by atoms with van der Waals surface area (Å²) >= 11 is 4.15. The minimum atomic E-state index is -5.79. The van der Waals surface area contributed by atoms with Crippen molar-refractivity contribution in [3.8, 4) is 0 Å². The molecule has 9 heteroatoms. The lowest BCUT2D eigenvalue weighted by Gasteiger charge is -2.15. The van der Waals surface area contributed by atoms with Gasteiger partial charge in [-0.3, -0.25) is 9.59 Å². The second kappa shape index (κ2) is 3.76. The first-order valence-electron chi connectivity index (χ1n) is 2.83. The van der Waals surface area contributed by atoms with Crippen LogP contribution in [0.5, 0.6) is 0 Å². The molecule has 0 rings (SSSR count). The summed E-state index contributed by atoms with van der Waals surface area (Å²) in [6, 6.07) is 0. The molecule has 1 unspecified atom stereocenters. The fraction of sp³-hybridized carbons (Fsp3) is 0.600. The predicted molar refractivity (Wildman–Crippen MR) is 31.8 cm³/mol. The zero-order chi connectivity index (χ0) is 11.7. The van der Waals surface area contributed by atoms with Crippen LogP contribution in [0.3, 0.4) is 0 Å². The van der Waals surface area contributed by atoms with Crippen molar-refractivity contribution in [2.24, 2.45) is 0 Å². The number of alkyl halides is 7. The quantitative estimate of drug-likeness (QED) is 0.430. The third-order valence-corrected chi connectivity index (χ3v) is 1.41. The third-order valence-electron chi connectivity index (χ3n) is 1.05. The molecule has 14 heavy (non-hydrogen) atoms. The monoisotopic (exact) mass is 242 g/mol. The van der Waals surface area contributed by atoms with Gasteiger partial charge in [0.2, 0.25) is 0 Å². The van der Waals surface area contributed by atoms with E-state index in [0.29, 0.717) is 0 Å². The number of ketones is 2. The van der Waals surface area contributed by atoms with Gasteiger partial charge in [0.25, 0.3) is 11.6 Å². The number of Topliss-reactive ketones (excluding diaryl/α,β-unsaturated/α-hetero) is 2. The smallest absolute Gasteiger partial charge is 0.288 e. The van der Waals surface area contributed by atoms with Gasteiger partial charge in [0.15, 0.2) is 0 Å². The van der Waals surface area contributed by atoms with Gasteiger partial charge in [-0.05, 0) is 0 Å². The van der Waals surface area contributed by atoms with Gasteiger partial charge in [-0.25, -0.2) is 13.2 Å². The fourth-order valence-electron chi connectivity index (χ4n) is 0.427. The van der Waals surface area contributed by atoms with Crippen molar-refractivity contribution in [1.82, 2.24) is 0 Å². The maximum atomic E-state index is 12.5. The second-order valence-corrected chi connectivity index (χ2v) is 2.59. The summed E-state index contributed by atoms with van der Waals surface area (Å²) in [4.78, 5) is 20.1. The van der Waals surface area contributed by atoms with E-state index in [1.165, 1.54) is 0 Å². The van der Waals surface area contributed by atoms with Crippen molar-refractivity contribution in [2.75, 3.05) is 0 Å². The number of hydrogen-bond donors (Lipinski definition) is 0. The van der Waals surface area contributed by atoms with Crippen LogP contribution in [-0.4, -0.2) is 29.3 Å². The molecule has 0 saturated carbocycles. The number of hydrogen-bond acceptors (Lipinski definition) is 2. The standard InChI is InChI=1S/C5HClF6O2/c6-4(9,1(13)2(7)8)3(14)5(10,11)12/h2H. The molecule has 0 bridgehead atoms. The summed E-state index contributed by atoms with van der Waals surface area (Å²) in [5.74, 6) is -6.29. The molecule has 0 aromatic heterocycles. The molecule has 0 heterocycles. The van der Waals surface area contributed by atoms with Crippen LogP contribution in [0.15, 0.2) is 0 Å². The number of carbonyl (C=O) groups excluding carboxylic acids is 2. The van der Waals surface area contributed by atoms with Crippen LogP contribution < -0.4 is 0 Å².